The van der Waals surface area contributed by atoms with E-state index in [0.717, 1.165) is 19.2 Å². The fourth-order valence-corrected chi connectivity index (χ4v) is 3.69. The number of ether oxygens (including phenoxy) is 1. The lowest BCUT2D eigenvalue weighted by Crippen LogP contribution is -1.99. The Balaban J connectivity index is 2.52. The van der Waals surface area contributed by atoms with E-state index in [-0.39, 0.29) is 5.38 Å². The van der Waals surface area contributed by atoms with Crippen molar-refractivity contribution in [3.8, 4) is 5.75 Å². The van der Waals surface area contributed by atoms with Crippen molar-refractivity contribution in [3.05, 3.63) is 60.6 Å². The van der Waals surface area contributed by atoms with E-state index in [1.165, 1.54) is 0 Å². The van der Waals surface area contributed by atoms with Crippen molar-refractivity contribution in [2.45, 2.75) is 5.38 Å². The van der Waals surface area contributed by atoms with E-state index in [9.17, 15) is 0 Å². The predicted molar refractivity (Wildman–Crippen MR) is 92.6 cm³/mol. The van der Waals surface area contributed by atoms with E-state index < -0.39 is 0 Å². The predicted octanol–water partition coefficient (Wildman–Crippen LogP) is 6.04. The molecule has 0 aromatic heterocycles. The molecular formula is C14H10BrCl2IO. The van der Waals surface area contributed by atoms with Crippen LogP contribution >= 0.6 is 61.7 Å². The van der Waals surface area contributed by atoms with E-state index in [1.54, 1.807) is 13.2 Å². The van der Waals surface area contributed by atoms with Gasteiger partial charge in [-0.05, 0) is 68.3 Å². The summed E-state index contributed by atoms with van der Waals surface area (Å²) in [5.74, 6) is 0.711. The van der Waals surface area contributed by atoms with E-state index in [2.05, 4.69) is 38.5 Å². The zero-order valence-electron chi connectivity index (χ0n) is 9.96. The van der Waals surface area contributed by atoms with Crippen LogP contribution in [0.2, 0.25) is 5.02 Å². The van der Waals surface area contributed by atoms with Gasteiger partial charge >= 0.3 is 0 Å². The minimum atomic E-state index is -0.306. The van der Waals surface area contributed by atoms with Crippen molar-refractivity contribution >= 4 is 61.7 Å². The summed E-state index contributed by atoms with van der Waals surface area (Å²) in [7, 11) is 1.62. The van der Waals surface area contributed by atoms with Crippen LogP contribution < -0.4 is 4.74 Å². The highest BCUT2D eigenvalue weighted by Crippen LogP contribution is 2.41. The minimum Gasteiger partial charge on any atom is -0.495 e. The second-order valence-electron chi connectivity index (χ2n) is 3.93. The van der Waals surface area contributed by atoms with Gasteiger partial charge in [-0.15, -0.1) is 11.6 Å². The molecule has 2 aromatic carbocycles. The summed E-state index contributed by atoms with van der Waals surface area (Å²) in [6.45, 7) is 0. The Kier molecular flexibility index (Phi) is 5.40. The van der Waals surface area contributed by atoms with Gasteiger partial charge in [0.1, 0.15) is 5.75 Å². The Hall–Kier alpha value is 0.0300. The third-order valence-electron chi connectivity index (χ3n) is 2.66. The first-order valence-electron chi connectivity index (χ1n) is 5.45. The number of alkyl halides is 1. The van der Waals surface area contributed by atoms with Crippen LogP contribution in [0.25, 0.3) is 0 Å². The smallest absolute Gasteiger partial charge is 0.138 e. The molecule has 0 aliphatic rings. The van der Waals surface area contributed by atoms with Gasteiger partial charge in [0, 0.05) is 14.2 Å². The van der Waals surface area contributed by atoms with Crippen molar-refractivity contribution in [1.82, 2.24) is 0 Å². The van der Waals surface area contributed by atoms with Crippen LogP contribution in [0.1, 0.15) is 16.5 Å². The Morgan fingerprint density at radius 3 is 2.63 bits per heavy atom. The Morgan fingerprint density at radius 1 is 1.26 bits per heavy atom. The summed E-state index contributed by atoms with van der Waals surface area (Å²) >= 11 is 18.4. The van der Waals surface area contributed by atoms with Crippen LogP contribution in [-0.4, -0.2) is 7.11 Å². The molecule has 0 fully saturated rings. The molecule has 0 spiro atoms. The summed E-state index contributed by atoms with van der Waals surface area (Å²) in [4.78, 5) is 0. The number of halogens is 4. The molecule has 1 unspecified atom stereocenters. The van der Waals surface area contributed by atoms with Crippen LogP contribution in [0.4, 0.5) is 0 Å². The van der Waals surface area contributed by atoms with Crippen molar-refractivity contribution in [2.24, 2.45) is 0 Å². The molecule has 0 heterocycles. The van der Waals surface area contributed by atoms with Gasteiger partial charge in [-0.1, -0.05) is 23.7 Å². The van der Waals surface area contributed by atoms with Gasteiger partial charge in [0.05, 0.1) is 17.0 Å². The van der Waals surface area contributed by atoms with E-state index in [1.807, 2.05) is 30.3 Å². The standard InChI is InChI=1S/C14H10BrCl2IO/c1-19-14-11(6-9(16)7-12(14)15)13(17)8-3-2-4-10(18)5-8/h2-7,13H,1H3. The number of hydrogen-bond acceptors (Lipinski definition) is 1. The number of methoxy groups -OCH3 is 1. The van der Waals surface area contributed by atoms with Gasteiger partial charge in [0.2, 0.25) is 0 Å². The van der Waals surface area contributed by atoms with Gasteiger partial charge in [-0.25, -0.2) is 0 Å². The maximum Gasteiger partial charge on any atom is 0.138 e. The van der Waals surface area contributed by atoms with Crippen LogP contribution in [0.3, 0.4) is 0 Å². The minimum absolute atomic E-state index is 0.306. The molecule has 100 valence electrons. The van der Waals surface area contributed by atoms with Gasteiger partial charge in [-0.3, -0.25) is 0 Å². The topological polar surface area (TPSA) is 9.23 Å². The molecule has 0 aliphatic carbocycles. The molecule has 2 rings (SSSR count). The van der Waals surface area contributed by atoms with E-state index >= 15 is 0 Å². The normalized spacial score (nSPS) is 12.3. The maximum absolute atomic E-state index is 6.57. The second-order valence-corrected chi connectivity index (χ2v) is 6.90. The lowest BCUT2D eigenvalue weighted by Gasteiger charge is -2.16. The number of hydrogen-bond donors (Lipinski definition) is 0. The van der Waals surface area contributed by atoms with Crippen LogP contribution in [0.15, 0.2) is 40.9 Å². The summed E-state index contributed by atoms with van der Waals surface area (Å²) in [6.07, 6.45) is 0. The molecule has 1 nitrogen and oxygen atoms in total. The first-order chi connectivity index (χ1) is 9.02. The highest BCUT2D eigenvalue weighted by molar-refractivity contribution is 14.1. The van der Waals surface area contributed by atoms with Crippen molar-refractivity contribution in [3.63, 3.8) is 0 Å². The van der Waals surface area contributed by atoms with Gasteiger partial charge in [0.25, 0.3) is 0 Å². The monoisotopic (exact) mass is 470 g/mol. The molecule has 0 saturated heterocycles. The lowest BCUT2D eigenvalue weighted by atomic mass is 10.0. The number of benzene rings is 2. The average molecular weight is 472 g/mol. The molecular weight excluding hydrogens is 462 g/mol. The number of rotatable bonds is 3. The SMILES string of the molecule is COc1c(Br)cc(Cl)cc1C(Cl)c1cccc(I)c1. The fourth-order valence-electron chi connectivity index (χ4n) is 1.83. The first kappa shape index (κ1) is 15.4. The molecule has 0 aliphatic heterocycles. The zero-order valence-corrected chi connectivity index (χ0v) is 15.2. The summed E-state index contributed by atoms with van der Waals surface area (Å²) in [5, 5.41) is 0.318. The molecule has 0 saturated carbocycles. The van der Waals surface area contributed by atoms with Crippen LogP contribution in [0.5, 0.6) is 5.75 Å². The Bertz CT molecular complexity index is 604. The molecule has 5 heteroatoms. The molecule has 1 atom stereocenters. The molecule has 0 radical (unpaired) electrons. The third kappa shape index (κ3) is 3.57. The average Bonchev–Trinajstić information content (AvgIpc) is 2.37. The Morgan fingerprint density at radius 2 is 2.00 bits per heavy atom. The molecule has 0 amide bonds. The first-order valence-corrected chi connectivity index (χ1v) is 8.14. The highest BCUT2D eigenvalue weighted by Gasteiger charge is 2.19. The Labute approximate surface area is 144 Å². The largest absolute Gasteiger partial charge is 0.495 e. The quantitative estimate of drug-likeness (QED) is 0.391. The molecule has 0 N–H and O–H groups in total. The summed E-state index contributed by atoms with van der Waals surface area (Å²) in [5.41, 5.74) is 1.87. The highest BCUT2D eigenvalue weighted by atomic mass is 127. The fraction of sp³-hybridized carbons (Fsp3) is 0.143. The zero-order chi connectivity index (χ0) is 14.0. The van der Waals surface area contributed by atoms with Crippen molar-refractivity contribution in [2.75, 3.05) is 7.11 Å². The second kappa shape index (κ2) is 6.66. The molecule has 2 aromatic rings. The maximum atomic E-state index is 6.57. The van der Waals surface area contributed by atoms with Gasteiger partial charge in [-0.2, -0.15) is 0 Å². The van der Waals surface area contributed by atoms with E-state index in [0.29, 0.717) is 10.8 Å². The summed E-state index contributed by atoms with van der Waals surface area (Å²) < 4.78 is 7.35. The van der Waals surface area contributed by atoms with Crippen LogP contribution in [0, 0.1) is 3.57 Å². The molecule has 0 bridgehead atoms. The van der Waals surface area contributed by atoms with Crippen LogP contribution in [-0.2, 0) is 0 Å². The summed E-state index contributed by atoms with van der Waals surface area (Å²) in [6, 6.07) is 11.7. The molecule has 19 heavy (non-hydrogen) atoms. The lowest BCUT2D eigenvalue weighted by molar-refractivity contribution is 0.407. The van der Waals surface area contributed by atoms with Crippen molar-refractivity contribution < 1.29 is 4.74 Å². The van der Waals surface area contributed by atoms with E-state index in [4.69, 9.17) is 27.9 Å². The van der Waals surface area contributed by atoms with Gasteiger partial charge in [0.15, 0.2) is 0 Å². The van der Waals surface area contributed by atoms with Gasteiger partial charge < -0.3 is 4.74 Å². The van der Waals surface area contributed by atoms with Crippen molar-refractivity contribution in [1.29, 1.82) is 0 Å². The third-order valence-corrected chi connectivity index (χ3v) is 4.62.